The average Bonchev–Trinajstić information content (AvgIpc) is 3.17. The largest absolute Gasteiger partial charge is 0.329 e. The first kappa shape index (κ1) is 19.6. The smallest absolute Gasteiger partial charge is 0.274 e. The van der Waals surface area contributed by atoms with Gasteiger partial charge in [-0.15, -0.1) is 0 Å². The van der Waals surface area contributed by atoms with Crippen LogP contribution in [-0.2, 0) is 13.1 Å². The van der Waals surface area contributed by atoms with Crippen molar-refractivity contribution >= 4 is 5.91 Å². The first-order valence-electron chi connectivity index (χ1n) is 9.96. The van der Waals surface area contributed by atoms with Gasteiger partial charge < -0.3 is 4.90 Å². The van der Waals surface area contributed by atoms with E-state index in [9.17, 15) is 4.79 Å². The van der Waals surface area contributed by atoms with Crippen LogP contribution in [0, 0.1) is 13.8 Å². The summed E-state index contributed by atoms with van der Waals surface area (Å²) in [5.41, 5.74) is 5.56. The van der Waals surface area contributed by atoms with Crippen LogP contribution in [0.5, 0.6) is 0 Å². The fourth-order valence-corrected chi connectivity index (χ4v) is 3.48. The third kappa shape index (κ3) is 4.30. The number of carbonyl (C=O) groups excluding carboxylic acids is 1. The Morgan fingerprint density at radius 3 is 2.43 bits per heavy atom. The second-order valence-electron chi connectivity index (χ2n) is 7.37. The van der Waals surface area contributed by atoms with Gasteiger partial charge in [-0.25, -0.2) is 4.68 Å². The summed E-state index contributed by atoms with van der Waals surface area (Å²) in [4.78, 5) is 19.5. The van der Waals surface area contributed by atoms with Crippen molar-refractivity contribution in [3.63, 3.8) is 0 Å². The monoisotopic (exact) mass is 396 g/mol. The summed E-state index contributed by atoms with van der Waals surface area (Å²) >= 11 is 0. The SMILES string of the molecule is Cc1ccccc1CN(Cc1cccnc1)C(=O)c1cc(C)n(-c2ccccc2)n1. The quantitative estimate of drug-likeness (QED) is 0.474. The van der Waals surface area contributed by atoms with E-state index in [4.69, 9.17) is 0 Å². The molecule has 0 aliphatic rings. The molecule has 5 nitrogen and oxygen atoms in total. The van der Waals surface area contributed by atoms with E-state index in [0.717, 1.165) is 28.1 Å². The van der Waals surface area contributed by atoms with E-state index in [0.29, 0.717) is 18.8 Å². The molecule has 0 spiro atoms. The second kappa shape index (κ2) is 8.74. The van der Waals surface area contributed by atoms with E-state index in [-0.39, 0.29) is 5.91 Å². The lowest BCUT2D eigenvalue weighted by atomic mass is 10.1. The van der Waals surface area contributed by atoms with Crippen molar-refractivity contribution in [1.29, 1.82) is 0 Å². The molecule has 5 heteroatoms. The number of para-hydroxylation sites is 1. The van der Waals surface area contributed by atoms with Crippen LogP contribution in [0.15, 0.2) is 85.2 Å². The molecule has 0 atom stereocenters. The number of pyridine rings is 1. The second-order valence-corrected chi connectivity index (χ2v) is 7.37. The molecule has 0 fully saturated rings. The van der Waals surface area contributed by atoms with Gasteiger partial charge in [-0.2, -0.15) is 5.10 Å². The van der Waals surface area contributed by atoms with Crippen molar-refractivity contribution in [2.45, 2.75) is 26.9 Å². The molecule has 0 aliphatic heterocycles. The van der Waals surface area contributed by atoms with Gasteiger partial charge >= 0.3 is 0 Å². The molecule has 0 bridgehead atoms. The molecule has 0 radical (unpaired) electrons. The Morgan fingerprint density at radius 2 is 1.70 bits per heavy atom. The third-order valence-corrected chi connectivity index (χ3v) is 5.11. The van der Waals surface area contributed by atoms with Gasteiger partial charge in [0.05, 0.1) is 5.69 Å². The van der Waals surface area contributed by atoms with Crippen LogP contribution in [0.2, 0.25) is 0 Å². The maximum Gasteiger partial charge on any atom is 0.274 e. The molecule has 0 unspecified atom stereocenters. The lowest BCUT2D eigenvalue weighted by Crippen LogP contribution is -2.31. The van der Waals surface area contributed by atoms with Crippen LogP contribution < -0.4 is 0 Å². The Morgan fingerprint density at radius 1 is 0.933 bits per heavy atom. The summed E-state index contributed by atoms with van der Waals surface area (Å²) in [6.07, 6.45) is 3.54. The van der Waals surface area contributed by atoms with Crippen LogP contribution in [0.4, 0.5) is 0 Å². The molecule has 4 rings (SSSR count). The van der Waals surface area contributed by atoms with Gasteiger partial charge in [0.15, 0.2) is 5.69 Å². The van der Waals surface area contributed by atoms with Crippen molar-refractivity contribution in [3.8, 4) is 5.69 Å². The molecule has 30 heavy (non-hydrogen) atoms. The molecule has 2 aromatic carbocycles. The van der Waals surface area contributed by atoms with Gasteiger partial charge in [-0.1, -0.05) is 48.5 Å². The minimum absolute atomic E-state index is 0.0973. The van der Waals surface area contributed by atoms with Gasteiger partial charge in [-0.3, -0.25) is 9.78 Å². The summed E-state index contributed by atoms with van der Waals surface area (Å²) in [5, 5.41) is 4.62. The van der Waals surface area contributed by atoms with Gasteiger partial charge in [0.2, 0.25) is 0 Å². The number of nitrogens with zero attached hydrogens (tertiary/aromatic N) is 4. The summed E-state index contributed by atoms with van der Waals surface area (Å²) in [6.45, 7) is 5.01. The molecule has 1 amide bonds. The van der Waals surface area contributed by atoms with Crippen LogP contribution in [0.3, 0.4) is 0 Å². The number of carbonyl (C=O) groups is 1. The minimum atomic E-state index is -0.0973. The number of hydrogen-bond donors (Lipinski definition) is 0. The van der Waals surface area contributed by atoms with Crippen LogP contribution in [0.25, 0.3) is 5.69 Å². The molecule has 4 aromatic rings. The molecular weight excluding hydrogens is 372 g/mol. The van der Waals surface area contributed by atoms with Crippen molar-refractivity contribution in [3.05, 3.63) is 113 Å². The Hall–Kier alpha value is -3.73. The predicted molar refractivity (Wildman–Crippen MR) is 117 cm³/mol. The first-order chi connectivity index (χ1) is 14.6. The highest BCUT2D eigenvalue weighted by Gasteiger charge is 2.21. The summed E-state index contributed by atoms with van der Waals surface area (Å²) < 4.78 is 1.81. The van der Waals surface area contributed by atoms with Crippen molar-refractivity contribution in [2.75, 3.05) is 0 Å². The average molecular weight is 396 g/mol. The maximum absolute atomic E-state index is 13.5. The van der Waals surface area contributed by atoms with Crippen LogP contribution in [-0.4, -0.2) is 25.6 Å². The first-order valence-corrected chi connectivity index (χ1v) is 9.96. The molecule has 2 heterocycles. The van der Waals surface area contributed by atoms with Gasteiger partial charge in [0.25, 0.3) is 5.91 Å². The van der Waals surface area contributed by atoms with E-state index < -0.39 is 0 Å². The number of aryl methyl sites for hydroxylation is 2. The van der Waals surface area contributed by atoms with Gasteiger partial charge in [0.1, 0.15) is 0 Å². The molecule has 0 saturated carbocycles. The Balaban J connectivity index is 1.66. The highest BCUT2D eigenvalue weighted by molar-refractivity contribution is 5.92. The fraction of sp³-hybridized carbons (Fsp3) is 0.160. The third-order valence-electron chi connectivity index (χ3n) is 5.11. The maximum atomic E-state index is 13.5. The zero-order chi connectivity index (χ0) is 20.9. The lowest BCUT2D eigenvalue weighted by Gasteiger charge is -2.23. The van der Waals surface area contributed by atoms with Crippen molar-refractivity contribution in [2.24, 2.45) is 0 Å². The molecule has 2 aromatic heterocycles. The van der Waals surface area contributed by atoms with Crippen molar-refractivity contribution < 1.29 is 4.79 Å². The minimum Gasteiger partial charge on any atom is -0.329 e. The normalized spacial score (nSPS) is 10.7. The van der Waals surface area contributed by atoms with E-state index in [1.54, 1.807) is 12.4 Å². The number of rotatable bonds is 6. The number of amides is 1. The van der Waals surface area contributed by atoms with E-state index in [1.807, 2.05) is 77.2 Å². The Bertz CT molecular complexity index is 1140. The fourth-order valence-electron chi connectivity index (χ4n) is 3.48. The molecular formula is C25H24N4O. The standard InChI is InChI=1S/C25H24N4O/c1-19-9-6-7-11-22(19)18-28(17-21-10-8-14-26-16-21)25(30)24-15-20(2)29(27-24)23-12-4-3-5-13-23/h3-16H,17-18H2,1-2H3. The summed E-state index contributed by atoms with van der Waals surface area (Å²) in [7, 11) is 0. The van der Waals surface area contributed by atoms with Crippen molar-refractivity contribution in [1.82, 2.24) is 19.7 Å². The molecule has 150 valence electrons. The number of hydrogen-bond acceptors (Lipinski definition) is 3. The molecule has 0 aliphatic carbocycles. The van der Waals surface area contributed by atoms with Crippen LogP contribution in [0.1, 0.15) is 32.9 Å². The number of aromatic nitrogens is 3. The van der Waals surface area contributed by atoms with E-state index in [2.05, 4.69) is 29.1 Å². The highest BCUT2D eigenvalue weighted by atomic mass is 16.2. The Kier molecular flexibility index (Phi) is 5.70. The topological polar surface area (TPSA) is 51.0 Å². The highest BCUT2D eigenvalue weighted by Crippen LogP contribution is 2.18. The Labute approximate surface area is 176 Å². The molecule has 0 N–H and O–H groups in total. The zero-order valence-corrected chi connectivity index (χ0v) is 17.2. The van der Waals surface area contributed by atoms with Gasteiger partial charge in [-0.05, 0) is 54.8 Å². The van der Waals surface area contributed by atoms with E-state index >= 15 is 0 Å². The summed E-state index contributed by atoms with van der Waals surface area (Å²) in [6, 6.07) is 23.7. The zero-order valence-electron chi connectivity index (χ0n) is 17.2. The predicted octanol–water partition coefficient (Wildman–Crippen LogP) is 4.73. The number of benzene rings is 2. The summed E-state index contributed by atoms with van der Waals surface area (Å²) in [5.74, 6) is -0.0973. The van der Waals surface area contributed by atoms with Gasteiger partial charge in [0, 0.05) is 31.2 Å². The molecule has 0 saturated heterocycles. The lowest BCUT2D eigenvalue weighted by molar-refractivity contribution is 0.0723. The van der Waals surface area contributed by atoms with Crippen LogP contribution >= 0.6 is 0 Å². The van der Waals surface area contributed by atoms with E-state index in [1.165, 1.54) is 0 Å².